The summed E-state index contributed by atoms with van der Waals surface area (Å²) in [5, 5.41) is 10.9. The van der Waals surface area contributed by atoms with Crippen LogP contribution in [-0.4, -0.2) is 21.6 Å². The average molecular weight is 447 g/mol. The van der Waals surface area contributed by atoms with Gasteiger partial charge < -0.3 is 10.6 Å². The molecule has 162 valence electrons. The maximum absolute atomic E-state index is 12.6. The van der Waals surface area contributed by atoms with E-state index in [9.17, 15) is 9.59 Å². The zero-order valence-electron chi connectivity index (χ0n) is 17.9. The van der Waals surface area contributed by atoms with Gasteiger partial charge in [-0.25, -0.2) is 0 Å². The van der Waals surface area contributed by atoms with Crippen molar-refractivity contribution in [3.8, 4) is 11.3 Å². The molecule has 0 unspecified atom stereocenters. The number of anilines is 2. The maximum Gasteiger partial charge on any atom is 0.256 e. The molecule has 0 saturated carbocycles. The number of halogens is 1. The Bertz CT molecular complexity index is 1220. The van der Waals surface area contributed by atoms with Gasteiger partial charge in [0, 0.05) is 34.5 Å². The fraction of sp³-hybridized carbons (Fsp3) is 0.160. The van der Waals surface area contributed by atoms with Crippen LogP contribution < -0.4 is 10.6 Å². The Hall–Kier alpha value is -3.64. The molecule has 32 heavy (non-hydrogen) atoms. The highest BCUT2D eigenvalue weighted by Crippen LogP contribution is 2.29. The first kappa shape index (κ1) is 21.6. The number of amides is 2. The number of nitrogens with zero attached hydrogens (tertiary/aromatic N) is 2. The number of aryl methyl sites for hydroxylation is 1. The molecule has 1 aliphatic rings. The number of benzene rings is 2. The molecule has 0 atom stereocenters. The second-order valence-electron chi connectivity index (χ2n) is 7.54. The van der Waals surface area contributed by atoms with Crippen molar-refractivity contribution >= 4 is 34.9 Å². The Morgan fingerprint density at radius 1 is 0.938 bits per heavy atom. The van der Waals surface area contributed by atoms with Gasteiger partial charge in [-0.3, -0.25) is 14.3 Å². The minimum absolute atomic E-state index is 0.189. The van der Waals surface area contributed by atoms with E-state index in [1.807, 2.05) is 61.5 Å². The number of carbonyl (C=O) groups is 2. The second kappa shape index (κ2) is 9.24. The molecule has 7 heteroatoms. The Balaban J connectivity index is 1.50. The summed E-state index contributed by atoms with van der Waals surface area (Å²) in [7, 11) is 1.79. The van der Waals surface area contributed by atoms with Crippen molar-refractivity contribution in [2.45, 2.75) is 19.8 Å². The lowest BCUT2D eigenvalue weighted by molar-refractivity contribution is -0.112. The van der Waals surface area contributed by atoms with Gasteiger partial charge in [0.1, 0.15) is 5.82 Å². The van der Waals surface area contributed by atoms with Crippen molar-refractivity contribution in [2.75, 3.05) is 10.6 Å². The Kier molecular flexibility index (Phi) is 6.23. The third-order valence-electron chi connectivity index (χ3n) is 5.31. The van der Waals surface area contributed by atoms with Crippen LogP contribution >= 0.6 is 11.6 Å². The van der Waals surface area contributed by atoms with Gasteiger partial charge in [-0.1, -0.05) is 54.1 Å². The fourth-order valence-corrected chi connectivity index (χ4v) is 3.88. The van der Waals surface area contributed by atoms with E-state index in [1.165, 1.54) is 0 Å². The molecule has 0 saturated heterocycles. The number of hydrogen-bond donors (Lipinski definition) is 2. The van der Waals surface area contributed by atoms with Crippen LogP contribution in [0.1, 0.15) is 28.8 Å². The number of allylic oxidation sites excluding steroid dienone is 2. The smallest absolute Gasteiger partial charge is 0.256 e. The van der Waals surface area contributed by atoms with Crippen molar-refractivity contribution < 1.29 is 9.59 Å². The molecule has 2 N–H and O–H groups in total. The number of rotatable bonds is 5. The molecule has 0 bridgehead atoms. The Morgan fingerprint density at radius 3 is 2.31 bits per heavy atom. The van der Waals surface area contributed by atoms with Crippen molar-refractivity contribution in [3.05, 3.63) is 88.5 Å². The number of hydrogen-bond acceptors (Lipinski definition) is 3. The highest BCUT2D eigenvalue weighted by atomic mass is 35.5. The van der Waals surface area contributed by atoms with E-state index >= 15 is 0 Å². The van der Waals surface area contributed by atoms with Crippen LogP contribution in [0.4, 0.5) is 11.5 Å². The van der Waals surface area contributed by atoms with Crippen LogP contribution in [-0.2, 0) is 11.8 Å². The summed E-state index contributed by atoms with van der Waals surface area (Å²) in [5.74, 6) is 0.224. The van der Waals surface area contributed by atoms with Crippen molar-refractivity contribution in [3.63, 3.8) is 0 Å². The summed E-state index contributed by atoms with van der Waals surface area (Å²) >= 11 is 6.15. The molecule has 1 aromatic heterocycles. The molecule has 0 radical (unpaired) electrons. The number of carbonyl (C=O) groups excluding carboxylic acids is 2. The Labute approximate surface area is 191 Å². The van der Waals surface area contributed by atoms with Crippen LogP contribution in [0.25, 0.3) is 11.3 Å². The molecule has 4 rings (SSSR count). The standard InChI is InChI=1S/C25H23ClN4O2/c1-16-22(29-30(2)23(16)28-24(31)18-8-4-3-5-9-18)17-12-14-19(15-13-17)27-25(32)20-10-6-7-11-21(20)26/h3-5,8-15H,6-7H2,1-2H3,(H,27,32)(H,28,31). The van der Waals surface area contributed by atoms with Gasteiger partial charge in [-0.05, 0) is 44.0 Å². The van der Waals surface area contributed by atoms with E-state index in [0.717, 1.165) is 29.7 Å². The molecule has 1 aliphatic carbocycles. The normalized spacial score (nSPS) is 13.2. The van der Waals surface area contributed by atoms with E-state index in [2.05, 4.69) is 15.7 Å². The van der Waals surface area contributed by atoms with Crippen LogP contribution in [0.2, 0.25) is 0 Å². The van der Waals surface area contributed by atoms with Gasteiger partial charge >= 0.3 is 0 Å². The molecule has 0 spiro atoms. The lowest BCUT2D eigenvalue weighted by Gasteiger charge is -2.11. The monoisotopic (exact) mass is 446 g/mol. The highest BCUT2D eigenvalue weighted by Gasteiger charge is 2.18. The van der Waals surface area contributed by atoms with E-state index in [1.54, 1.807) is 23.9 Å². The minimum atomic E-state index is -0.223. The summed E-state index contributed by atoms with van der Waals surface area (Å²) in [6, 6.07) is 16.5. The molecular weight excluding hydrogens is 424 g/mol. The SMILES string of the molecule is Cc1c(-c2ccc(NC(=O)C3=CCCC=C3Cl)cc2)nn(C)c1NC(=O)c1ccccc1. The zero-order chi connectivity index (χ0) is 22.7. The zero-order valence-corrected chi connectivity index (χ0v) is 18.6. The van der Waals surface area contributed by atoms with Crippen LogP contribution in [0, 0.1) is 6.92 Å². The third-order valence-corrected chi connectivity index (χ3v) is 5.67. The van der Waals surface area contributed by atoms with E-state index in [-0.39, 0.29) is 11.8 Å². The van der Waals surface area contributed by atoms with Gasteiger partial charge in [0.25, 0.3) is 11.8 Å². The van der Waals surface area contributed by atoms with Crippen molar-refractivity contribution in [1.29, 1.82) is 0 Å². The van der Waals surface area contributed by atoms with Gasteiger partial charge in [-0.2, -0.15) is 5.10 Å². The molecule has 0 fully saturated rings. The maximum atomic E-state index is 12.6. The van der Waals surface area contributed by atoms with Gasteiger partial charge in [-0.15, -0.1) is 0 Å². The topological polar surface area (TPSA) is 76.0 Å². The predicted molar refractivity (Wildman–Crippen MR) is 128 cm³/mol. The average Bonchev–Trinajstić information content (AvgIpc) is 3.08. The summed E-state index contributed by atoms with van der Waals surface area (Å²) in [4.78, 5) is 25.0. The van der Waals surface area contributed by atoms with Crippen molar-refractivity contribution in [2.24, 2.45) is 7.05 Å². The van der Waals surface area contributed by atoms with Gasteiger partial charge in [0.05, 0.1) is 11.3 Å². The minimum Gasteiger partial charge on any atom is -0.322 e. The largest absolute Gasteiger partial charge is 0.322 e. The van der Waals surface area contributed by atoms with Crippen LogP contribution in [0.3, 0.4) is 0 Å². The number of nitrogens with one attached hydrogen (secondary N) is 2. The van der Waals surface area contributed by atoms with Gasteiger partial charge in [0.15, 0.2) is 0 Å². The molecule has 1 heterocycles. The Morgan fingerprint density at radius 2 is 1.62 bits per heavy atom. The van der Waals surface area contributed by atoms with E-state index in [4.69, 9.17) is 11.6 Å². The molecule has 6 nitrogen and oxygen atoms in total. The second-order valence-corrected chi connectivity index (χ2v) is 7.95. The quantitative estimate of drug-likeness (QED) is 0.548. The molecule has 2 amide bonds. The fourth-order valence-electron chi connectivity index (χ4n) is 3.60. The van der Waals surface area contributed by atoms with Crippen LogP contribution in [0.15, 0.2) is 77.4 Å². The first-order valence-electron chi connectivity index (χ1n) is 10.3. The number of aromatic nitrogens is 2. The molecule has 0 aliphatic heterocycles. The predicted octanol–water partition coefficient (Wildman–Crippen LogP) is 5.43. The van der Waals surface area contributed by atoms with E-state index in [0.29, 0.717) is 27.7 Å². The van der Waals surface area contributed by atoms with E-state index < -0.39 is 0 Å². The summed E-state index contributed by atoms with van der Waals surface area (Å²) in [6.07, 6.45) is 5.37. The lowest BCUT2D eigenvalue weighted by atomic mass is 10.1. The molecular formula is C25H23ClN4O2. The lowest BCUT2D eigenvalue weighted by Crippen LogP contribution is -2.15. The van der Waals surface area contributed by atoms with Crippen LogP contribution in [0.5, 0.6) is 0 Å². The first-order chi connectivity index (χ1) is 15.4. The summed E-state index contributed by atoms with van der Waals surface area (Å²) in [5.41, 5.74) is 4.25. The first-order valence-corrected chi connectivity index (χ1v) is 10.7. The highest BCUT2D eigenvalue weighted by molar-refractivity contribution is 6.36. The molecule has 2 aromatic carbocycles. The van der Waals surface area contributed by atoms with Crippen molar-refractivity contribution in [1.82, 2.24) is 9.78 Å². The summed E-state index contributed by atoms with van der Waals surface area (Å²) < 4.78 is 1.66. The molecule has 3 aromatic rings. The summed E-state index contributed by atoms with van der Waals surface area (Å²) in [6.45, 7) is 1.92. The van der Waals surface area contributed by atoms with Gasteiger partial charge in [0.2, 0.25) is 0 Å². The third kappa shape index (κ3) is 4.50.